The number of rotatable bonds is 15. The van der Waals surface area contributed by atoms with Crippen molar-refractivity contribution in [3.8, 4) is 34.5 Å². The lowest BCUT2D eigenvalue weighted by Gasteiger charge is -2.37. The molecule has 0 aliphatic carbocycles. The van der Waals surface area contributed by atoms with Crippen LogP contribution in [0.5, 0.6) is 34.5 Å². The van der Waals surface area contributed by atoms with Gasteiger partial charge in [0.05, 0.1) is 8.07 Å². The predicted molar refractivity (Wildman–Crippen MR) is 330 cm³/mol. The van der Waals surface area contributed by atoms with E-state index in [1.165, 1.54) is 4.05 Å². The first-order chi connectivity index (χ1) is 33.9. The summed E-state index contributed by atoms with van der Waals surface area (Å²) in [6, 6.07) is 46.1. The van der Waals surface area contributed by atoms with Gasteiger partial charge in [-0.1, -0.05) is 227 Å². The highest BCUT2D eigenvalue weighted by Gasteiger charge is 2.41. The fraction of sp³-hybridized carbons (Fsp3) is 0.379. The highest BCUT2D eigenvalue weighted by atomic mass is 127. The van der Waals surface area contributed by atoms with E-state index in [9.17, 15) is 15.2 Å². The normalized spacial score (nSPS) is 11.8. The van der Waals surface area contributed by atoms with E-state index in [0.717, 1.165) is 37.1 Å². The van der Waals surface area contributed by atoms with E-state index < -0.39 is 31.8 Å². The molecule has 6 aromatic rings. The van der Waals surface area contributed by atoms with Crippen LogP contribution in [0.1, 0.15) is 79.0 Å². The molecule has 396 valence electrons. The number of phenolic OH excluding ortho intramolecular Hbond substituents is 1. The van der Waals surface area contributed by atoms with Crippen LogP contribution in [0.15, 0.2) is 155 Å². The van der Waals surface area contributed by atoms with Crippen LogP contribution in [-0.4, -0.2) is 51.0 Å². The lowest BCUT2D eigenvalue weighted by Crippen LogP contribution is -2.44. The largest absolute Gasteiger partial charge is 0.541 e. The predicted octanol–water partition coefficient (Wildman–Crippen LogP) is 16.9. The highest BCUT2D eigenvalue weighted by Crippen LogP contribution is 2.42. The molecule has 0 fully saturated rings. The second-order valence-corrected chi connectivity index (χ2v) is 41.7. The van der Waals surface area contributed by atoms with E-state index in [1.54, 1.807) is 30.3 Å². The molecule has 0 atom stereocenters. The van der Waals surface area contributed by atoms with Gasteiger partial charge in [-0.3, -0.25) is 0 Å². The third-order valence-corrected chi connectivity index (χ3v) is 33.6. The molecular weight excluding hydrogens is 1210 g/mol. The van der Waals surface area contributed by atoms with Crippen LogP contribution in [0.4, 0.5) is 0 Å². The van der Waals surface area contributed by atoms with Gasteiger partial charge in [0.15, 0.2) is 23.0 Å². The number of phenols is 1. The highest BCUT2D eigenvalue weighted by molar-refractivity contribution is 14.1. The summed E-state index contributed by atoms with van der Waals surface area (Å²) < 4.78 is 33.5. The third kappa shape index (κ3) is 21.5. The van der Waals surface area contributed by atoms with Crippen molar-refractivity contribution in [1.29, 1.82) is 0 Å². The summed E-state index contributed by atoms with van der Waals surface area (Å²) in [5, 5.41) is 29.3. The van der Waals surface area contributed by atoms with E-state index in [2.05, 4.69) is 168 Å². The van der Waals surface area contributed by atoms with Gasteiger partial charge < -0.3 is 38.2 Å². The molecule has 0 bridgehead atoms. The standard InChI is InChI=1S/C19H27BO4Si.C19H25BrO2Si.C13H11BrO2.C7H17ISi/c1-19(2,3)25(4,5)24-18-13-16(20(21)22)11-12-17(18)23-14-15-9-7-6-8-10-15;1-19(2,3)23(4,5)22-18-13-16(20)11-12-17(18)21-14-15-9-7-6-8-10-15;14-11-6-7-13(12(15)8-11)16-9-10-4-2-1-3-5-10;1-7(2,3)9(4,5)6-8/h6-13,21-22H,14H2,1-5H3;6-13H,14H2,1-5H3;1-8,15H,9H2;6H2,1-5H3. The van der Waals surface area contributed by atoms with Crippen molar-refractivity contribution in [2.75, 3.05) is 4.05 Å². The molecule has 6 rings (SSSR count). The zero-order chi connectivity index (χ0) is 54.8. The van der Waals surface area contributed by atoms with Gasteiger partial charge in [-0.2, -0.15) is 0 Å². The summed E-state index contributed by atoms with van der Waals surface area (Å²) in [6.45, 7) is 35.4. The lowest BCUT2D eigenvalue weighted by molar-refractivity contribution is 0.289. The van der Waals surface area contributed by atoms with Crippen LogP contribution in [0.3, 0.4) is 0 Å². The SMILES string of the molecule is CC(C)(C)[Si](C)(C)CI.CC(C)(C)[Si](C)(C)Oc1cc(B(O)O)ccc1OCc1ccccc1.CC(C)(C)[Si](C)(C)Oc1cc(Br)ccc1OCc1ccccc1.Oc1cc(Br)ccc1OCc1ccccc1. The summed E-state index contributed by atoms with van der Waals surface area (Å²) in [5.41, 5.74) is 3.67. The molecule has 0 aromatic heterocycles. The van der Waals surface area contributed by atoms with Crippen molar-refractivity contribution in [3.05, 3.63) is 171 Å². The van der Waals surface area contributed by atoms with Gasteiger partial charge in [0.2, 0.25) is 0 Å². The van der Waals surface area contributed by atoms with Crippen molar-refractivity contribution >= 4 is 91.7 Å². The Balaban J connectivity index is 0.000000271. The number of hydrogen-bond donors (Lipinski definition) is 3. The maximum absolute atomic E-state index is 9.61. The fourth-order valence-corrected chi connectivity index (χ4v) is 12.0. The minimum atomic E-state index is -2.09. The number of benzene rings is 6. The van der Waals surface area contributed by atoms with E-state index in [1.807, 2.05) is 103 Å². The second-order valence-electron chi connectivity index (χ2n) is 22.6. The molecule has 0 amide bonds. The summed E-state index contributed by atoms with van der Waals surface area (Å²) in [6.07, 6.45) is 0. The molecule has 0 radical (unpaired) electrons. The molecular formula is C58H80BBr2IO8Si3. The first-order valence-electron chi connectivity index (χ1n) is 24.6. The Morgan fingerprint density at radius 3 is 1.12 bits per heavy atom. The van der Waals surface area contributed by atoms with Gasteiger partial charge in [-0.05, 0) is 116 Å². The van der Waals surface area contributed by atoms with Crippen LogP contribution in [0, 0.1) is 0 Å². The van der Waals surface area contributed by atoms with Crippen molar-refractivity contribution in [3.63, 3.8) is 0 Å². The van der Waals surface area contributed by atoms with Gasteiger partial charge in [0.25, 0.3) is 16.6 Å². The molecule has 0 heterocycles. The quantitative estimate of drug-likeness (QED) is 0.0530. The van der Waals surface area contributed by atoms with Gasteiger partial charge >= 0.3 is 7.12 Å². The van der Waals surface area contributed by atoms with Crippen LogP contribution < -0.4 is 28.5 Å². The van der Waals surface area contributed by atoms with Gasteiger partial charge in [0.1, 0.15) is 31.3 Å². The molecule has 73 heavy (non-hydrogen) atoms. The minimum absolute atomic E-state index is 0.0253. The second kappa shape index (κ2) is 28.5. The number of ether oxygens (including phenoxy) is 3. The van der Waals surface area contributed by atoms with E-state index in [-0.39, 0.29) is 15.8 Å². The van der Waals surface area contributed by atoms with Gasteiger partial charge in [0, 0.05) is 8.95 Å². The Morgan fingerprint density at radius 2 is 0.795 bits per heavy atom. The number of alkyl halides is 1. The van der Waals surface area contributed by atoms with Crippen molar-refractivity contribution in [2.45, 2.75) is 137 Å². The zero-order valence-corrected chi connectivity index (χ0v) is 54.1. The molecule has 0 spiro atoms. The van der Waals surface area contributed by atoms with E-state index in [4.69, 9.17) is 23.1 Å². The molecule has 3 N–H and O–H groups in total. The first-order valence-corrected chi connectivity index (χ1v) is 36.7. The monoisotopic (exact) mass is 1280 g/mol. The Labute approximate surface area is 472 Å². The number of hydrogen-bond acceptors (Lipinski definition) is 8. The first kappa shape index (κ1) is 63.7. The number of aromatic hydroxyl groups is 1. The van der Waals surface area contributed by atoms with Crippen LogP contribution >= 0.6 is 54.5 Å². The molecule has 0 aliphatic heterocycles. The fourth-order valence-electron chi connectivity index (χ4n) is 5.44. The van der Waals surface area contributed by atoms with Crippen LogP contribution in [0.2, 0.25) is 54.4 Å². The Bertz CT molecular complexity index is 2570. The molecule has 0 saturated carbocycles. The molecule has 15 heteroatoms. The average Bonchev–Trinajstić information content (AvgIpc) is 3.31. The summed E-state index contributed by atoms with van der Waals surface area (Å²) in [4.78, 5) is 0. The Hall–Kier alpha value is -3.55. The number of halogens is 3. The van der Waals surface area contributed by atoms with E-state index >= 15 is 0 Å². The molecule has 0 aliphatic rings. The average molecular weight is 1290 g/mol. The van der Waals surface area contributed by atoms with Crippen molar-refractivity contribution in [1.82, 2.24) is 0 Å². The maximum Gasteiger partial charge on any atom is 0.488 e. The molecule has 8 nitrogen and oxygen atoms in total. The van der Waals surface area contributed by atoms with E-state index in [0.29, 0.717) is 47.6 Å². The smallest absolute Gasteiger partial charge is 0.488 e. The molecule has 0 unspecified atom stereocenters. The van der Waals surface area contributed by atoms with Crippen LogP contribution in [0.25, 0.3) is 0 Å². The minimum Gasteiger partial charge on any atom is -0.541 e. The topological polar surface area (TPSA) is 107 Å². The Kier molecular flexibility index (Phi) is 24.9. The molecule has 6 aromatic carbocycles. The third-order valence-electron chi connectivity index (χ3n) is 13.5. The molecule has 0 saturated heterocycles. The summed E-state index contributed by atoms with van der Waals surface area (Å²) in [5.74, 6) is 3.42. The van der Waals surface area contributed by atoms with Gasteiger partial charge in [-0.25, -0.2) is 0 Å². The maximum atomic E-state index is 9.61. The zero-order valence-electron chi connectivity index (χ0n) is 45.8. The Morgan fingerprint density at radius 1 is 0.452 bits per heavy atom. The van der Waals surface area contributed by atoms with Crippen molar-refractivity contribution < 1.29 is 38.2 Å². The van der Waals surface area contributed by atoms with Gasteiger partial charge in [-0.15, -0.1) is 0 Å². The summed E-state index contributed by atoms with van der Waals surface area (Å²) >= 11 is 9.32. The van der Waals surface area contributed by atoms with Crippen molar-refractivity contribution in [2.24, 2.45) is 0 Å². The lowest BCUT2D eigenvalue weighted by atomic mass is 9.80. The summed E-state index contributed by atoms with van der Waals surface area (Å²) in [7, 11) is -6.42. The van der Waals surface area contributed by atoms with Crippen LogP contribution in [-0.2, 0) is 19.8 Å².